The number of esters is 1. The number of rotatable bonds is 9. The lowest BCUT2D eigenvalue weighted by molar-refractivity contribution is 0.0600. The van der Waals surface area contributed by atoms with Gasteiger partial charge in [0.25, 0.3) is 20.0 Å². The van der Waals surface area contributed by atoms with Gasteiger partial charge < -0.3 is 4.74 Å². The molecule has 0 aliphatic heterocycles. The number of methoxy groups -OCH3 is 1. The summed E-state index contributed by atoms with van der Waals surface area (Å²) in [4.78, 5) is 17.4. The summed E-state index contributed by atoms with van der Waals surface area (Å²) < 4.78 is 71.9. The van der Waals surface area contributed by atoms with Crippen LogP contribution in [0.4, 0.5) is 4.39 Å². The number of carbonyl (C=O) groups is 1. The van der Waals surface area contributed by atoms with Gasteiger partial charge in [0.2, 0.25) is 0 Å². The Morgan fingerprint density at radius 3 is 2.38 bits per heavy atom. The SMILES string of the molecule is COC(=O)c1ccc(S(=O)(=O)NNCc2cc(-c3ccccc3F)n(S(=O)(=O)c3cccnc3)c2)cc1. The molecule has 0 unspecified atom stereocenters. The number of sulfonamides is 1. The Morgan fingerprint density at radius 1 is 1.00 bits per heavy atom. The second kappa shape index (κ2) is 10.6. The monoisotopic (exact) mass is 544 g/mol. The zero-order valence-electron chi connectivity index (χ0n) is 19.3. The van der Waals surface area contributed by atoms with Crippen molar-refractivity contribution < 1.29 is 30.8 Å². The molecule has 2 N–H and O–H groups in total. The highest BCUT2D eigenvalue weighted by atomic mass is 32.2. The first-order valence-corrected chi connectivity index (χ1v) is 13.6. The lowest BCUT2D eigenvalue weighted by atomic mass is 10.1. The van der Waals surface area contributed by atoms with Crippen molar-refractivity contribution in [2.45, 2.75) is 16.3 Å². The maximum Gasteiger partial charge on any atom is 0.337 e. The van der Waals surface area contributed by atoms with E-state index in [1.165, 1.54) is 86.4 Å². The van der Waals surface area contributed by atoms with Gasteiger partial charge in [-0.2, -0.15) is 0 Å². The topological polar surface area (TPSA) is 136 Å². The van der Waals surface area contributed by atoms with E-state index in [1.54, 1.807) is 6.07 Å². The number of halogens is 1. The molecule has 192 valence electrons. The molecule has 0 bridgehead atoms. The average molecular weight is 545 g/mol. The molecule has 0 amide bonds. The number of pyridine rings is 1. The van der Waals surface area contributed by atoms with Crippen LogP contribution in [0.15, 0.2) is 95.1 Å². The molecule has 0 aliphatic carbocycles. The van der Waals surface area contributed by atoms with Crippen LogP contribution in [0.1, 0.15) is 15.9 Å². The molecule has 0 radical (unpaired) electrons. The number of aromatic nitrogens is 2. The van der Waals surface area contributed by atoms with Crippen molar-refractivity contribution in [2.75, 3.05) is 7.11 Å². The minimum absolute atomic E-state index is 0.0486. The van der Waals surface area contributed by atoms with Crippen LogP contribution in [-0.2, 0) is 31.3 Å². The second-order valence-electron chi connectivity index (χ2n) is 7.68. The van der Waals surface area contributed by atoms with Crippen molar-refractivity contribution in [1.82, 2.24) is 19.2 Å². The molecular weight excluding hydrogens is 523 g/mol. The Bertz CT molecular complexity index is 1640. The van der Waals surface area contributed by atoms with Gasteiger partial charge in [0, 0.05) is 30.7 Å². The maximum atomic E-state index is 14.6. The molecule has 0 fully saturated rings. The van der Waals surface area contributed by atoms with E-state index >= 15 is 0 Å². The van der Waals surface area contributed by atoms with Crippen molar-refractivity contribution in [2.24, 2.45) is 0 Å². The lowest BCUT2D eigenvalue weighted by Gasteiger charge is -2.11. The van der Waals surface area contributed by atoms with E-state index in [9.17, 15) is 26.0 Å². The van der Waals surface area contributed by atoms with Crippen molar-refractivity contribution >= 4 is 26.0 Å². The fourth-order valence-electron chi connectivity index (χ4n) is 3.45. The van der Waals surface area contributed by atoms with E-state index in [4.69, 9.17) is 0 Å². The van der Waals surface area contributed by atoms with Gasteiger partial charge >= 0.3 is 5.97 Å². The fraction of sp³-hybridized carbons (Fsp3) is 0.0833. The Hall–Kier alpha value is -3.91. The van der Waals surface area contributed by atoms with E-state index in [0.717, 1.165) is 3.97 Å². The molecular formula is C24H21FN4O6S2. The number of nitrogens with one attached hydrogen (secondary N) is 2. The van der Waals surface area contributed by atoms with E-state index in [1.807, 2.05) is 0 Å². The molecule has 13 heteroatoms. The van der Waals surface area contributed by atoms with E-state index in [2.05, 4.69) is 20.0 Å². The number of hydrogen-bond acceptors (Lipinski definition) is 8. The molecule has 37 heavy (non-hydrogen) atoms. The normalized spacial score (nSPS) is 11.8. The molecule has 0 saturated carbocycles. The summed E-state index contributed by atoms with van der Waals surface area (Å²) >= 11 is 0. The summed E-state index contributed by atoms with van der Waals surface area (Å²) in [5.41, 5.74) is 3.19. The number of carbonyl (C=O) groups excluding carboxylic acids is 1. The highest BCUT2D eigenvalue weighted by molar-refractivity contribution is 7.90. The van der Waals surface area contributed by atoms with Crippen LogP contribution in [0.5, 0.6) is 0 Å². The van der Waals surface area contributed by atoms with Crippen molar-refractivity contribution in [3.05, 3.63) is 102 Å². The summed E-state index contributed by atoms with van der Waals surface area (Å²) in [7, 11) is -6.95. The van der Waals surface area contributed by atoms with Gasteiger partial charge in [0.1, 0.15) is 10.7 Å². The number of hydrogen-bond donors (Lipinski definition) is 2. The predicted molar refractivity (Wildman–Crippen MR) is 132 cm³/mol. The molecule has 4 rings (SSSR count). The zero-order chi connectivity index (χ0) is 26.6. The summed E-state index contributed by atoms with van der Waals surface area (Å²) in [5, 5.41) is 0. The fourth-order valence-corrected chi connectivity index (χ4v) is 5.68. The maximum absolute atomic E-state index is 14.6. The largest absolute Gasteiger partial charge is 0.465 e. The molecule has 2 aromatic carbocycles. The minimum Gasteiger partial charge on any atom is -0.465 e. The van der Waals surface area contributed by atoms with Crippen LogP contribution >= 0.6 is 0 Å². The van der Waals surface area contributed by atoms with Crippen LogP contribution in [0, 0.1) is 5.82 Å². The Morgan fingerprint density at radius 2 is 1.73 bits per heavy atom. The molecule has 0 atom stereocenters. The van der Waals surface area contributed by atoms with Crippen molar-refractivity contribution in [1.29, 1.82) is 0 Å². The van der Waals surface area contributed by atoms with Crippen molar-refractivity contribution in [3.8, 4) is 11.3 Å². The van der Waals surface area contributed by atoms with Crippen LogP contribution in [-0.4, -0.2) is 38.9 Å². The first-order chi connectivity index (χ1) is 17.6. The lowest BCUT2D eigenvalue weighted by Crippen LogP contribution is -2.36. The molecule has 2 aromatic heterocycles. The van der Waals surface area contributed by atoms with Gasteiger partial charge in [-0.15, -0.1) is 4.83 Å². The van der Waals surface area contributed by atoms with E-state index in [-0.39, 0.29) is 33.2 Å². The highest BCUT2D eigenvalue weighted by Crippen LogP contribution is 2.29. The molecule has 2 heterocycles. The van der Waals surface area contributed by atoms with Gasteiger partial charge in [0.15, 0.2) is 0 Å². The third-order valence-corrected chi connectivity index (χ3v) is 8.23. The Balaban J connectivity index is 1.60. The summed E-state index contributed by atoms with van der Waals surface area (Å²) in [6, 6.07) is 15.1. The molecule has 0 saturated heterocycles. The standard InChI is InChI=1S/C24H21FN4O6S2/c1-35-24(30)18-8-10-19(11-9-18)36(31,32)28-27-14-17-13-23(21-6-2-3-7-22(21)25)29(16-17)37(33,34)20-5-4-12-26-15-20/h2-13,15-16,27-28H,14H2,1H3. The highest BCUT2D eigenvalue weighted by Gasteiger charge is 2.24. The Kier molecular flexibility index (Phi) is 7.50. The van der Waals surface area contributed by atoms with Crippen LogP contribution < -0.4 is 10.3 Å². The quantitative estimate of drug-likeness (QED) is 0.243. The van der Waals surface area contributed by atoms with E-state index < -0.39 is 31.8 Å². The predicted octanol–water partition coefficient (Wildman–Crippen LogP) is 2.70. The van der Waals surface area contributed by atoms with Gasteiger partial charge in [-0.25, -0.2) is 35.4 Å². The number of benzene rings is 2. The Labute approximate surface area is 212 Å². The van der Waals surface area contributed by atoms with Crippen molar-refractivity contribution in [3.63, 3.8) is 0 Å². The zero-order valence-corrected chi connectivity index (χ0v) is 21.0. The summed E-state index contributed by atoms with van der Waals surface area (Å²) in [6.45, 7) is -0.128. The van der Waals surface area contributed by atoms with E-state index in [0.29, 0.717) is 5.56 Å². The minimum atomic E-state index is -4.14. The average Bonchev–Trinajstić information content (AvgIpc) is 3.33. The van der Waals surface area contributed by atoms with Gasteiger partial charge in [-0.3, -0.25) is 4.98 Å². The van der Waals surface area contributed by atoms with Crippen LogP contribution in [0.3, 0.4) is 0 Å². The third kappa shape index (κ3) is 5.59. The number of ether oxygens (including phenoxy) is 1. The summed E-state index contributed by atoms with van der Waals surface area (Å²) in [6.07, 6.45) is 3.88. The molecule has 4 aromatic rings. The van der Waals surface area contributed by atoms with Crippen LogP contribution in [0.25, 0.3) is 11.3 Å². The van der Waals surface area contributed by atoms with Crippen LogP contribution in [0.2, 0.25) is 0 Å². The molecule has 0 aliphatic rings. The first kappa shape index (κ1) is 26.2. The smallest absolute Gasteiger partial charge is 0.337 e. The second-order valence-corrected chi connectivity index (χ2v) is 11.2. The molecule has 0 spiro atoms. The van der Waals surface area contributed by atoms with Gasteiger partial charge in [0.05, 0.1) is 23.3 Å². The van der Waals surface area contributed by atoms with Gasteiger partial charge in [-0.05, 0) is 60.2 Å². The summed E-state index contributed by atoms with van der Waals surface area (Å²) in [5.74, 6) is -1.23. The third-order valence-electron chi connectivity index (χ3n) is 5.27. The first-order valence-electron chi connectivity index (χ1n) is 10.7. The molecule has 10 nitrogen and oxygen atoms in total. The number of nitrogens with zero attached hydrogens (tertiary/aromatic N) is 2. The number of hydrazine groups is 1. The van der Waals surface area contributed by atoms with Gasteiger partial charge in [-0.1, -0.05) is 12.1 Å².